The number of hydrogen-bond acceptors (Lipinski definition) is 3. The predicted octanol–water partition coefficient (Wildman–Crippen LogP) is 5.60. The average molecular weight is 437 g/mol. The van der Waals surface area contributed by atoms with E-state index in [1.165, 1.54) is 17.7 Å². The molecule has 0 bridgehead atoms. The zero-order chi connectivity index (χ0) is 22.3. The highest BCUT2D eigenvalue weighted by Gasteiger charge is 2.22. The van der Waals surface area contributed by atoms with E-state index in [2.05, 4.69) is 34.1 Å². The molecule has 1 unspecified atom stereocenters. The topological polar surface area (TPSA) is 15.7 Å². The van der Waals surface area contributed by atoms with E-state index in [1.807, 2.05) is 13.0 Å². The number of hydrogen-bond donors (Lipinski definition) is 0. The van der Waals surface area contributed by atoms with Crippen molar-refractivity contribution in [2.45, 2.75) is 26.0 Å². The first kappa shape index (κ1) is 22.4. The zero-order valence-corrected chi connectivity index (χ0v) is 18.5. The SMILES string of the molecule is Cc1ccc(F)c(OC(CCN2CCN(Cc3ccccc3)CC2)c2ccccc2F)c1. The number of ether oxygens (including phenoxy) is 1. The molecule has 32 heavy (non-hydrogen) atoms. The second-order valence-corrected chi connectivity index (χ2v) is 8.45. The molecule has 168 valence electrons. The third-order valence-electron chi connectivity index (χ3n) is 6.03. The van der Waals surface area contributed by atoms with Crippen LogP contribution in [0.3, 0.4) is 0 Å². The van der Waals surface area contributed by atoms with Crippen LogP contribution in [0.1, 0.15) is 29.2 Å². The van der Waals surface area contributed by atoms with E-state index in [-0.39, 0.29) is 11.6 Å². The minimum Gasteiger partial charge on any atom is -0.482 e. The smallest absolute Gasteiger partial charge is 0.165 e. The Balaban J connectivity index is 1.38. The van der Waals surface area contributed by atoms with Crippen molar-refractivity contribution in [3.05, 3.63) is 101 Å². The van der Waals surface area contributed by atoms with Gasteiger partial charge in [0.2, 0.25) is 0 Å². The molecule has 0 saturated carbocycles. The fourth-order valence-electron chi connectivity index (χ4n) is 4.18. The number of nitrogens with zero attached hydrogens (tertiary/aromatic N) is 2. The standard InChI is InChI=1S/C27H30F2N2O/c1-21-11-12-25(29)27(19-21)32-26(23-9-5-6-10-24(23)28)13-14-30-15-17-31(18-16-30)20-22-7-3-2-4-8-22/h2-12,19,26H,13-18,20H2,1H3. The molecular formula is C27H30F2N2O. The van der Waals surface area contributed by atoms with Gasteiger partial charge in [-0.05, 0) is 36.2 Å². The molecule has 1 fully saturated rings. The maximum atomic E-state index is 14.6. The Morgan fingerprint density at radius 2 is 1.50 bits per heavy atom. The van der Waals surface area contributed by atoms with Crippen LogP contribution in [-0.4, -0.2) is 42.5 Å². The van der Waals surface area contributed by atoms with Crippen LogP contribution in [0.25, 0.3) is 0 Å². The van der Waals surface area contributed by atoms with E-state index in [0.717, 1.165) is 44.8 Å². The lowest BCUT2D eigenvalue weighted by atomic mass is 10.0. The van der Waals surface area contributed by atoms with Crippen LogP contribution in [0.2, 0.25) is 0 Å². The molecule has 5 heteroatoms. The summed E-state index contributed by atoms with van der Waals surface area (Å²) in [6.07, 6.45) is 0.0438. The fourth-order valence-corrected chi connectivity index (χ4v) is 4.18. The van der Waals surface area contributed by atoms with Gasteiger partial charge in [-0.1, -0.05) is 54.6 Å². The zero-order valence-electron chi connectivity index (χ0n) is 18.5. The van der Waals surface area contributed by atoms with Gasteiger partial charge in [0.05, 0.1) is 0 Å². The molecule has 1 heterocycles. The van der Waals surface area contributed by atoms with Gasteiger partial charge < -0.3 is 9.64 Å². The van der Waals surface area contributed by atoms with Gasteiger partial charge in [0, 0.05) is 51.3 Å². The molecular weight excluding hydrogens is 406 g/mol. The molecule has 1 saturated heterocycles. The van der Waals surface area contributed by atoms with Gasteiger partial charge in [0.1, 0.15) is 11.9 Å². The van der Waals surface area contributed by atoms with Gasteiger partial charge in [0.25, 0.3) is 0 Å². The van der Waals surface area contributed by atoms with Crippen molar-refractivity contribution in [3.63, 3.8) is 0 Å². The van der Waals surface area contributed by atoms with E-state index >= 15 is 0 Å². The maximum Gasteiger partial charge on any atom is 0.165 e. The molecule has 1 atom stereocenters. The molecule has 3 aromatic carbocycles. The van der Waals surface area contributed by atoms with Crippen molar-refractivity contribution in [2.75, 3.05) is 32.7 Å². The summed E-state index contributed by atoms with van der Waals surface area (Å²) in [7, 11) is 0. The Morgan fingerprint density at radius 1 is 0.812 bits per heavy atom. The number of halogens is 2. The lowest BCUT2D eigenvalue weighted by molar-refractivity contribution is 0.104. The number of rotatable bonds is 8. The minimum absolute atomic E-state index is 0.172. The summed E-state index contributed by atoms with van der Waals surface area (Å²) in [4.78, 5) is 4.84. The molecule has 0 aromatic heterocycles. The quantitative estimate of drug-likeness (QED) is 0.457. The molecule has 0 N–H and O–H groups in total. The molecule has 1 aliphatic rings. The average Bonchev–Trinajstić information content (AvgIpc) is 2.81. The lowest BCUT2D eigenvalue weighted by Gasteiger charge is -2.35. The largest absolute Gasteiger partial charge is 0.482 e. The van der Waals surface area contributed by atoms with Crippen molar-refractivity contribution < 1.29 is 13.5 Å². The summed E-state index contributed by atoms with van der Waals surface area (Å²) < 4.78 is 34.9. The highest BCUT2D eigenvalue weighted by Crippen LogP contribution is 2.29. The number of benzene rings is 3. The normalized spacial score (nSPS) is 16.1. The van der Waals surface area contributed by atoms with E-state index in [9.17, 15) is 8.78 Å². The molecule has 0 spiro atoms. The maximum absolute atomic E-state index is 14.6. The lowest BCUT2D eigenvalue weighted by Crippen LogP contribution is -2.46. The van der Waals surface area contributed by atoms with Crippen molar-refractivity contribution >= 4 is 0 Å². The summed E-state index contributed by atoms with van der Waals surface area (Å²) in [5, 5.41) is 0. The summed E-state index contributed by atoms with van der Waals surface area (Å²) in [6, 6.07) is 21.9. The first-order valence-corrected chi connectivity index (χ1v) is 11.2. The van der Waals surface area contributed by atoms with Crippen LogP contribution in [0.5, 0.6) is 5.75 Å². The molecule has 0 amide bonds. The van der Waals surface area contributed by atoms with Crippen LogP contribution in [0.15, 0.2) is 72.8 Å². The van der Waals surface area contributed by atoms with Crippen LogP contribution in [0, 0.1) is 18.6 Å². The highest BCUT2D eigenvalue weighted by atomic mass is 19.1. The van der Waals surface area contributed by atoms with Crippen molar-refractivity contribution in [2.24, 2.45) is 0 Å². The molecule has 0 radical (unpaired) electrons. The van der Waals surface area contributed by atoms with Crippen LogP contribution < -0.4 is 4.74 Å². The highest BCUT2D eigenvalue weighted by molar-refractivity contribution is 5.31. The Morgan fingerprint density at radius 3 is 2.25 bits per heavy atom. The molecule has 0 aliphatic carbocycles. The molecule has 1 aliphatic heterocycles. The van der Waals surface area contributed by atoms with Gasteiger partial charge in [-0.15, -0.1) is 0 Å². The van der Waals surface area contributed by atoms with E-state index in [1.54, 1.807) is 30.3 Å². The third-order valence-corrected chi connectivity index (χ3v) is 6.03. The monoisotopic (exact) mass is 436 g/mol. The predicted molar refractivity (Wildman–Crippen MR) is 124 cm³/mol. The second kappa shape index (κ2) is 10.7. The van der Waals surface area contributed by atoms with E-state index in [4.69, 9.17) is 4.74 Å². The van der Waals surface area contributed by atoms with Crippen molar-refractivity contribution in [1.82, 2.24) is 9.80 Å². The summed E-state index contributed by atoms with van der Waals surface area (Å²) in [5.41, 5.74) is 2.70. The van der Waals surface area contributed by atoms with Crippen LogP contribution >= 0.6 is 0 Å². The van der Waals surface area contributed by atoms with E-state index in [0.29, 0.717) is 12.0 Å². The van der Waals surface area contributed by atoms with Gasteiger partial charge in [-0.25, -0.2) is 8.78 Å². The Bertz CT molecular complexity index is 1000. The summed E-state index contributed by atoms with van der Waals surface area (Å²) in [6.45, 7) is 7.51. The fraction of sp³-hybridized carbons (Fsp3) is 0.333. The summed E-state index contributed by atoms with van der Waals surface area (Å²) >= 11 is 0. The van der Waals surface area contributed by atoms with Gasteiger partial charge in [-0.2, -0.15) is 0 Å². The molecule has 4 rings (SSSR count). The summed E-state index contributed by atoms with van der Waals surface area (Å²) in [5.74, 6) is -0.573. The van der Waals surface area contributed by atoms with Gasteiger partial charge in [-0.3, -0.25) is 4.90 Å². The van der Waals surface area contributed by atoms with E-state index < -0.39 is 11.9 Å². The Labute approximate surface area is 189 Å². The van der Waals surface area contributed by atoms with Gasteiger partial charge >= 0.3 is 0 Å². The number of piperazine rings is 1. The first-order valence-electron chi connectivity index (χ1n) is 11.2. The van der Waals surface area contributed by atoms with Crippen LogP contribution in [-0.2, 0) is 6.54 Å². The second-order valence-electron chi connectivity index (χ2n) is 8.45. The van der Waals surface area contributed by atoms with Gasteiger partial charge in [0.15, 0.2) is 11.6 Å². The molecule has 3 nitrogen and oxygen atoms in total. The molecule has 3 aromatic rings. The van der Waals surface area contributed by atoms with Crippen molar-refractivity contribution in [1.29, 1.82) is 0 Å². The Kier molecular flexibility index (Phi) is 7.51. The minimum atomic E-state index is -0.546. The first-order chi connectivity index (χ1) is 15.6. The van der Waals surface area contributed by atoms with Crippen molar-refractivity contribution in [3.8, 4) is 5.75 Å². The number of aryl methyl sites for hydroxylation is 1. The van der Waals surface area contributed by atoms with Crippen LogP contribution in [0.4, 0.5) is 8.78 Å². The Hall–Kier alpha value is -2.76. The third kappa shape index (κ3) is 5.93.